The van der Waals surface area contributed by atoms with Crippen LogP contribution in [-0.2, 0) is 4.79 Å². The van der Waals surface area contributed by atoms with Crippen molar-refractivity contribution < 1.29 is 4.79 Å². The van der Waals surface area contributed by atoms with E-state index in [-0.39, 0.29) is 11.9 Å². The minimum absolute atomic E-state index is 0.0393. The van der Waals surface area contributed by atoms with E-state index in [9.17, 15) is 4.79 Å². The number of hydrogen-bond acceptors (Lipinski definition) is 3. The minimum Gasteiger partial charge on any atom is -0.396 e. The van der Waals surface area contributed by atoms with Crippen LogP contribution in [0, 0.1) is 0 Å². The van der Waals surface area contributed by atoms with E-state index in [0.29, 0.717) is 23.7 Å². The summed E-state index contributed by atoms with van der Waals surface area (Å²) in [4.78, 5) is 11.5. The average Bonchev–Trinajstić information content (AvgIpc) is 2.34. The van der Waals surface area contributed by atoms with Crippen LogP contribution in [0.25, 0.3) is 0 Å². The molecule has 0 spiro atoms. The monoisotopic (exact) mass is 269 g/mol. The smallest absolute Gasteiger partial charge is 0.221 e. The van der Waals surface area contributed by atoms with E-state index < -0.39 is 0 Å². The molecule has 1 aromatic rings. The van der Waals surface area contributed by atoms with Gasteiger partial charge in [-0.3, -0.25) is 4.79 Å². The van der Waals surface area contributed by atoms with Crippen LogP contribution < -0.4 is 16.4 Å². The number of hydrogen-bond donors (Lipinski definition) is 3. The van der Waals surface area contributed by atoms with Gasteiger partial charge in [-0.15, -0.1) is 0 Å². The molecule has 4 nitrogen and oxygen atoms in total. The Bertz CT molecular complexity index is 409. The second-order valence-corrected chi connectivity index (χ2v) is 4.66. The predicted octanol–water partition coefficient (Wildman–Crippen LogP) is 2.64. The van der Waals surface area contributed by atoms with Gasteiger partial charge < -0.3 is 16.4 Å². The van der Waals surface area contributed by atoms with E-state index in [0.717, 1.165) is 12.1 Å². The molecule has 18 heavy (non-hydrogen) atoms. The maximum absolute atomic E-state index is 11.5. The number of anilines is 2. The molecule has 0 aliphatic rings. The number of halogens is 1. The third-order valence-corrected chi connectivity index (χ3v) is 3.07. The molecule has 0 fully saturated rings. The Labute approximate surface area is 113 Å². The van der Waals surface area contributed by atoms with Gasteiger partial charge >= 0.3 is 0 Å². The first kappa shape index (κ1) is 14.6. The van der Waals surface area contributed by atoms with Gasteiger partial charge in [0.05, 0.1) is 16.4 Å². The first-order valence-electron chi connectivity index (χ1n) is 6.11. The van der Waals surface area contributed by atoms with Gasteiger partial charge in [-0.2, -0.15) is 0 Å². The van der Waals surface area contributed by atoms with E-state index in [2.05, 4.69) is 10.6 Å². The molecule has 1 amide bonds. The summed E-state index contributed by atoms with van der Waals surface area (Å²) in [7, 11) is 0. The van der Waals surface area contributed by atoms with Gasteiger partial charge in [0.1, 0.15) is 0 Å². The largest absolute Gasteiger partial charge is 0.396 e. The number of para-hydroxylation sites is 1. The lowest BCUT2D eigenvalue weighted by Gasteiger charge is -2.13. The van der Waals surface area contributed by atoms with Crippen LogP contribution in [0.3, 0.4) is 0 Å². The Kier molecular flexibility index (Phi) is 5.78. The fourth-order valence-corrected chi connectivity index (χ4v) is 1.63. The van der Waals surface area contributed by atoms with Crippen LogP contribution in [0.1, 0.15) is 26.7 Å². The molecule has 0 saturated heterocycles. The van der Waals surface area contributed by atoms with Gasteiger partial charge in [-0.25, -0.2) is 0 Å². The fourth-order valence-electron chi connectivity index (χ4n) is 1.45. The number of carbonyl (C=O) groups is 1. The molecule has 0 heterocycles. The van der Waals surface area contributed by atoms with Crippen LogP contribution >= 0.6 is 11.6 Å². The minimum atomic E-state index is 0.0393. The van der Waals surface area contributed by atoms with Crippen molar-refractivity contribution in [3.63, 3.8) is 0 Å². The van der Waals surface area contributed by atoms with Crippen molar-refractivity contribution in [1.29, 1.82) is 0 Å². The number of rotatable bonds is 6. The average molecular weight is 270 g/mol. The summed E-state index contributed by atoms with van der Waals surface area (Å²) in [6.07, 6.45) is 1.34. The normalized spacial score (nSPS) is 11.9. The SMILES string of the molecule is CCC(C)NC(=O)CCNc1cccc(Cl)c1N. The zero-order valence-corrected chi connectivity index (χ0v) is 11.6. The fraction of sp³-hybridized carbons (Fsp3) is 0.462. The summed E-state index contributed by atoms with van der Waals surface area (Å²) < 4.78 is 0. The van der Waals surface area contributed by atoms with Gasteiger partial charge in [-0.05, 0) is 25.5 Å². The molecule has 1 unspecified atom stereocenters. The second-order valence-electron chi connectivity index (χ2n) is 4.25. The standard InChI is InChI=1S/C13H20ClN3O/c1-3-9(2)17-12(18)7-8-16-11-6-4-5-10(14)13(11)15/h4-6,9,16H,3,7-8,15H2,1-2H3,(H,17,18). The third kappa shape index (κ3) is 4.45. The quantitative estimate of drug-likeness (QED) is 0.696. The number of carbonyl (C=O) groups excluding carboxylic acids is 1. The molecule has 4 N–H and O–H groups in total. The molecule has 1 aromatic carbocycles. The molecule has 0 radical (unpaired) electrons. The highest BCUT2D eigenvalue weighted by molar-refractivity contribution is 6.33. The molecule has 0 aromatic heterocycles. The third-order valence-electron chi connectivity index (χ3n) is 2.74. The molecule has 5 heteroatoms. The zero-order chi connectivity index (χ0) is 13.5. The molecule has 0 aliphatic carbocycles. The molecule has 0 bridgehead atoms. The zero-order valence-electron chi connectivity index (χ0n) is 10.8. The van der Waals surface area contributed by atoms with Crippen LogP contribution in [0.2, 0.25) is 5.02 Å². The van der Waals surface area contributed by atoms with Crippen molar-refractivity contribution in [2.75, 3.05) is 17.6 Å². The van der Waals surface area contributed by atoms with Crippen molar-refractivity contribution in [2.24, 2.45) is 0 Å². The van der Waals surface area contributed by atoms with E-state index in [1.807, 2.05) is 26.0 Å². The predicted molar refractivity (Wildman–Crippen MR) is 76.9 cm³/mol. The first-order chi connectivity index (χ1) is 8.54. The summed E-state index contributed by atoms with van der Waals surface area (Å²) >= 11 is 5.90. The lowest BCUT2D eigenvalue weighted by Crippen LogP contribution is -2.32. The Morgan fingerprint density at radius 3 is 2.89 bits per heavy atom. The highest BCUT2D eigenvalue weighted by Gasteiger charge is 2.06. The Morgan fingerprint density at radius 2 is 2.22 bits per heavy atom. The van der Waals surface area contributed by atoms with Gasteiger partial charge in [0.25, 0.3) is 0 Å². The molecule has 0 saturated carbocycles. The van der Waals surface area contributed by atoms with Crippen LogP contribution in [0.4, 0.5) is 11.4 Å². The Balaban J connectivity index is 2.38. The van der Waals surface area contributed by atoms with Crippen molar-refractivity contribution in [3.05, 3.63) is 23.2 Å². The lowest BCUT2D eigenvalue weighted by atomic mass is 10.2. The van der Waals surface area contributed by atoms with Crippen molar-refractivity contribution in [2.45, 2.75) is 32.7 Å². The number of nitrogens with two attached hydrogens (primary N) is 1. The lowest BCUT2D eigenvalue weighted by molar-refractivity contribution is -0.121. The number of benzene rings is 1. The second kappa shape index (κ2) is 7.11. The Morgan fingerprint density at radius 1 is 1.50 bits per heavy atom. The number of nitrogen functional groups attached to an aromatic ring is 1. The topological polar surface area (TPSA) is 67.2 Å². The van der Waals surface area contributed by atoms with Gasteiger partial charge in [-0.1, -0.05) is 24.6 Å². The summed E-state index contributed by atoms with van der Waals surface area (Å²) in [6, 6.07) is 5.61. The number of nitrogens with one attached hydrogen (secondary N) is 2. The summed E-state index contributed by atoms with van der Waals surface area (Å²) in [6.45, 7) is 4.56. The van der Waals surface area contributed by atoms with Crippen molar-refractivity contribution >= 4 is 28.9 Å². The summed E-state index contributed by atoms with van der Waals surface area (Å²) in [5.74, 6) is 0.0393. The molecule has 0 aliphatic heterocycles. The maximum Gasteiger partial charge on any atom is 0.221 e. The summed E-state index contributed by atoms with van der Waals surface area (Å²) in [5.41, 5.74) is 7.08. The van der Waals surface area contributed by atoms with E-state index in [1.165, 1.54) is 0 Å². The van der Waals surface area contributed by atoms with Crippen LogP contribution in [0.5, 0.6) is 0 Å². The van der Waals surface area contributed by atoms with E-state index in [1.54, 1.807) is 6.07 Å². The highest BCUT2D eigenvalue weighted by Crippen LogP contribution is 2.26. The van der Waals surface area contributed by atoms with Crippen molar-refractivity contribution in [3.8, 4) is 0 Å². The maximum atomic E-state index is 11.5. The van der Waals surface area contributed by atoms with Gasteiger partial charge in [0, 0.05) is 19.0 Å². The van der Waals surface area contributed by atoms with E-state index >= 15 is 0 Å². The summed E-state index contributed by atoms with van der Waals surface area (Å²) in [5, 5.41) is 6.53. The van der Waals surface area contributed by atoms with Crippen molar-refractivity contribution in [1.82, 2.24) is 5.32 Å². The van der Waals surface area contributed by atoms with Gasteiger partial charge in [0.2, 0.25) is 5.91 Å². The molecule has 1 atom stereocenters. The molecule has 1 rings (SSSR count). The highest BCUT2D eigenvalue weighted by atomic mass is 35.5. The van der Waals surface area contributed by atoms with Gasteiger partial charge in [0.15, 0.2) is 0 Å². The molecular weight excluding hydrogens is 250 g/mol. The Hall–Kier alpha value is -1.42. The van der Waals surface area contributed by atoms with Crippen LogP contribution in [0.15, 0.2) is 18.2 Å². The van der Waals surface area contributed by atoms with Crippen LogP contribution in [-0.4, -0.2) is 18.5 Å². The first-order valence-corrected chi connectivity index (χ1v) is 6.49. The molecular formula is C13H20ClN3O. The number of amides is 1. The molecule has 100 valence electrons. The van der Waals surface area contributed by atoms with E-state index in [4.69, 9.17) is 17.3 Å².